The predicted molar refractivity (Wildman–Crippen MR) is 77.0 cm³/mol. The molecule has 0 aromatic heterocycles. The Balaban J connectivity index is 3.00. The maximum absolute atomic E-state index is 12.4. The second-order valence-electron chi connectivity index (χ2n) is 4.48. The molecule has 1 aromatic rings. The van der Waals surface area contributed by atoms with Gasteiger partial charge in [-0.15, -0.1) is 6.58 Å². The highest BCUT2D eigenvalue weighted by Gasteiger charge is 2.16. The average Bonchev–Trinajstić information content (AvgIpc) is 2.35. The number of carbonyl (C=O) groups excluding carboxylic acids is 1. The van der Waals surface area contributed by atoms with Gasteiger partial charge in [0.2, 0.25) is 0 Å². The second kappa shape index (κ2) is 6.84. The van der Waals surface area contributed by atoms with Gasteiger partial charge in [0, 0.05) is 24.8 Å². The van der Waals surface area contributed by atoms with Crippen LogP contribution in [0.4, 0.5) is 5.69 Å². The lowest BCUT2D eigenvalue weighted by Gasteiger charge is -2.21. The highest BCUT2D eigenvalue weighted by Crippen LogP contribution is 2.18. The zero-order valence-corrected chi connectivity index (χ0v) is 11.4. The fourth-order valence-electron chi connectivity index (χ4n) is 1.79. The highest BCUT2D eigenvalue weighted by atomic mass is 16.2. The number of hydrogen-bond acceptors (Lipinski definition) is 2. The molecule has 1 aromatic carbocycles. The van der Waals surface area contributed by atoms with Crippen molar-refractivity contribution in [3.8, 4) is 0 Å². The summed E-state index contributed by atoms with van der Waals surface area (Å²) in [6.45, 7) is 11.0. The smallest absolute Gasteiger partial charge is 0.256 e. The molecule has 1 amide bonds. The number of anilines is 1. The largest absolute Gasteiger partial charge is 0.382 e. The third-order valence-electron chi connectivity index (χ3n) is 2.62. The van der Waals surface area contributed by atoms with Crippen molar-refractivity contribution >= 4 is 11.6 Å². The summed E-state index contributed by atoms with van der Waals surface area (Å²) in [5, 5.41) is 3.30. The molecule has 3 heteroatoms. The number of para-hydroxylation sites is 1. The monoisotopic (exact) mass is 246 g/mol. The van der Waals surface area contributed by atoms with Crippen molar-refractivity contribution in [2.75, 3.05) is 18.4 Å². The van der Waals surface area contributed by atoms with E-state index >= 15 is 0 Å². The Kier molecular flexibility index (Phi) is 5.43. The summed E-state index contributed by atoms with van der Waals surface area (Å²) in [5.74, 6) is 0.0427. The van der Waals surface area contributed by atoms with Crippen LogP contribution in [-0.4, -0.2) is 29.9 Å². The normalized spacial score (nSPS) is 10.2. The van der Waals surface area contributed by atoms with Gasteiger partial charge in [0.15, 0.2) is 0 Å². The number of likely N-dealkylation sites (N-methyl/N-ethyl adjacent to an activating group) is 1. The number of nitrogens with one attached hydrogen (secondary N) is 1. The van der Waals surface area contributed by atoms with Crippen LogP contribution in [-0.2, 0) is 0 Å². The maximum atomic E-state index is 12.4. The van der Waals surface area contributed by atoms with Crippen molar-refractivity contribution in [3.63, 3.8) is 0 Å². The van der Waals surface area contributed by atoms with Crippen molar-refractivity contribution in [3.05, 3.63) is 42.5 Å². The molecule has 0 aliphatic rings. The summed E-state index contributed by atoms with van der Waals surface area (Å²) in [5.41, 5.74) is 1.61. The SMILES string of the molecule is C=CCN(CC)C(=O)c1ccccc1NC(C)C. The number of nitrogens with zero attached hydrogens (tertiary/aromatic N) is 1. The van der Waals surface area contributed by atoms with Crippen LogP contribution in [0.2, 0.25) is 0 Å². The summed E-state index contributed by atoms with van der Waals surface area (Å²) in [6, 6.07) is 7.92. The van der Waals surface area contributed by atoms with E-state index in [1.165, 1.54) is 0 Å². The number of benzene rings is 1. The number of amides is 1. The van der Waals surface area contributed by atoms with Gasteiger partial charge in [0.1, 0.15) is 0 Å². The first-order valence-electron chi connectivity index (χ1n) is 6.35. The summed E-state index contributed by atoms with van der Waals surface area (Å²) in [4.78, 5) is 14.2. The molecule has 0 saturated carbocycles. The lowest BCUT2D eigenvalue weighted by Crippen LogP contribution is -2.31. The first-order chi connectivity index (χ1) is 8.60. The third kappa shape index (κ3) is 3.62. The quantitative estimate of drug-likeness (QED) is 0.782. The maximum Gasteiger partial charge on any atom is 0.256 e. The minimum absolute atomic E-state index is 0.0427. The molecule has 0 aliphatic heterocycles. The van der Waals surface area contributed by atoms with Crippen molar-refractivity contribution in [1.29, 1.82) is 0 Å². The van der Waals surface area contributed by atoms with Gasteiger partial charge in [-0.25, -0.2) is 0 Å². The van der Waals surface area contributed by atoms with Crippen LogP contribution >= 0.6 is 0 Å². The standard InChI is InChI=1S/C15H22N2O/c1-5-11-17(6-2)15(18)13-9-7-8-10-14(13)16-12(3)4/h5,7-10,12,16H,1,6,11H2,2-4H3. The lowest BCUT2D eigenvalue weighted by molar-refractivity contribution is 0.0783. The van der Waals surface area contributed by atoms with Crippen molar-refractivity contribution in [2.45, 2.75) is 26.8 Å². The average molecular weight is 246 g/mol. The van der Waals surface area contributed by atoms with E-state index in [2.05, 4.69) is 25.7 Å². The molecule has 0 saturated heterocycles. The number of hydrogen-bond donors (Lipinski definition) is 1. The molecule has 0 heterocycles. The van der Waals surface area contributed by atoms with Gasteiger partial charge >= 0.3 is 0 Å². The first kappa shape index (κ1) is 14.3. The molecule has 0 atom stereocenters. The molecule has 0 radical (unpaired) electrons. The van der Waals surface area contributed by atoms with E-state index in [9.17, 15) is 4.79 Å². The minimum Gasteiger partial charge on any atom is -0.382 e. The number of carbonyl (C=O) groups is 1. The van der Waals surface area contributed by atoms with Crippen LogP contribution in [0.25, 0.3) is 0 Å². The van der Waals surface area contributed by atoms with E-state index in [4.69, 9.17) is 0 Å². The minimum atomic E-state index is 0.0427. The zero-order chi connectivity index (χ0) is 13.5. The Labute approximate surface area is 109 Å². The van der Waals surface area contributed by atoms with Gasteiger partial charge in [-0.2, -0.15) is 0 Å². The molecule has 18 heavy (non-hydrogen) atoms. The molecule has 1 rings (SSSR count). The summed E-state index contributed by atoms with van der Waals surface area (Å²) >= 11 is 0. The third-order valence-corrected chi connectivity index (χ3v) is 2.62. The molecule has 0 bridgehead atoms. The van der Waals surface area contributed by atoms with Crippen molar-refractivity contribution in [2.24, 2.45) is 0 Å². The van der Waals surface area contributed by atoms with Crippen LogP contribution in [0.15, 0.2) is 36.9 Å². The molecular formula is C15H22N2O. The topological polar surface area (TPSA) is 32.3 Å². The van der Waals surface area contributed by atoms with E-state index in [0.717, 1.165) is 11.3 Å². The fraction of sp³-hybridized carbons (Fsp3) is 0.400. The lowest BCUT2D eigenvalue weighted by atomic mass is 10.1. The van der Waals surface area contributed by atoms with Gasteiger partial charge in [0.25, 0.3) is 5.91 Å². The van der Waals surface area contributed by atoms with E-state index in [1.807, 2.05) is 31.2 Å². The van der Waals surface area contributed by atoms with Crippen molar-refractivity contribution in [1.82, 2.24) is 4.90 Å². The first-order valence-corrected chi connectivity index (χ1v) is 6.35. The Morgan fingerprint density at radius 3 is 2.67 bits per heavy atom. The highest BCUT2D eigenvalue weighted by molar-refractivity contribution is 5.99. The van der Waals surface area contributed by atoms with Gasteiger partial charge in [0.05, 0.1) is 5.56 Å². The fourth-order valence-corrected chi connectivity index (χ4v) is 1.79. The summed E-state index contributed by atoms with van der Waals surface area (Å²) < 4.78 is 0. The Bertz CT molecular complexity index is 413. The Morgan fingerprint density at radius 1 is 1.44 bits per heavy atom. The molecule has 0 aliphatic carbocycles. The van der Waals surface area contributed by atoms with E-state index in [-0.39, 0.29) is 5.91 Å². The van der Waals surface area contributed by atoms with E-state index < -0.39 is 0 Å². The zero-order valence-electron chi connectivity index (χ0n) is 11.4. The van der Waals surface area contributed by atoms with Gasteiger partial charge in [-0.3, -0.25) is 4.79 Å². The van der Waals surface area contributed by atoms with Gasteiger partial charge < -0.3 is 10.2 Å². The summed E-state index contributed by atoms with van der Waals surface area (Å²) in [6.07, 6.45) is 1.75. The second-order valence-corrected chi connectivity index (χ2v) is 4.48. The van der Waals surface area contributed by atoms with Gasteiger partial charge in [-0.1, -0.05) is 18.2 Å². The van der Waals surface area contributed by atoms with Gasteiger partial charge in [-0.05, 0) is 32.9 Å². The van der Waals surface area contributed by atoms with Crippen LogP contribution in [0.3, 0.4) is 0 Å². The van der Waals surface area contributed by atoms with Crippen LogP contribution < -0.4 is 5.32 Å². The molecule has 0 unspecified atom stereocenters. The van der Waals surface area contributed by atoms with E-state index in [0.29, 0.717) is 19.1 Å². The van der Waals surface area contributed by atoms with Crippen LogP contribution in [0.1, 0.15) is 31.1 Å². The Morgan fingerprint density at radius 2 is 2.11 bits per heavy atom. The summed E-state index contributed by atoms with van der Waals surface area (Å²) in [7, 11) is 0. The Hall–Kier alpha value is -1.77. The number of rotatable bonds is 6. The molecule has 98 valence electrons. The van der Waals surface area contributed by atoms with Crippen LogP contribution in [0.5, 0.6) is 0 Å². The molecular weight excluding hydrogens is 224 g/mol. The molecule has 0 fully saturated rings. The molecule has 3 nitrogen and oxygen atoms in total. The van der Waals surface area contributed by atoms with E-state index in [1.54, 1.807) is 11.0 Å². The van der Waals surface area contributed by atoms with Crippen LogP contribution in [0, 0.1) is 0 Å². The predicted octanol–water partition coefficient (Wildman–Crippen LogP) is 3.16. The molecule has 0 spiro atoms. The van der Waals surface area contributed by atoms with Crippen molar-refractivity contribution < 1.29 is 4.79 Å². The molecule has 1 N–H and O–H groups in total.